The Morgan fingerprint density at radius 3 is 2.55 bits per heavy atom. The molecule has 0 unspecified atom stereocenters. The minimum Gasteiger partial charge on any atom is -0.469 e. The molecule has 0 amide bonds. The number of hydrogen-bond donors (Lipinski definition) is 2. The van der Waals surface area contributed by atoms with Crippen LogP contribution in [0.25, 0.3) is 0 Å². The molecule has 0 aliphatic rings. The van der Waals surface area contributed by atoms with Crippen molar-refractivity contribution in [1.82, 2.24) is 5.32 Å². The summed E-state index contributed by atoms with van der Waals surface area (Å²) in [7, 11) is 1.38. The van der Waals surface area contributed by atoms with Crippen LogP contribution in [0.5, 0.6) is 11.5 Å². The molecule has 0 fully saturated rings. The number of hydrogen-bond acceptors (Lipinski definition) is 5. The maximum absolute atomic E-state index is 11.6. The number of carbonyl (C=O) groups excluding carboxylic acids is 1. The molecule has 1 atom stereocenters. The average molecular weight is 484 g/mol. The van der Waals surface area contributed by atoms with Gasteiger partial charge in [0.25, 0.3) is 0 Å². The Bertz CT molecular complexity index is 994. The average Bonchev–Trinajstić information content (AvgIpc) is 2.79. The Balaban J connectivity index is 1.70. The standard InChI is InChI=1S/C25H26BrNO4/c1-30-25(29)14-19-8-5-9-23(13-19)31-24-11-10-21(26)15-20(24)16-27-22(17-28)12-18-6-3-2-4-7-18/h2-11,13,15,22,27-28H,12,14,16-17H2,1H3/t22-/m0/s1. The normalized spacial score (nSPS) is 11.7. The molecule has 0 aliphatic heterocycles. The Morgan fingerprint density at radius 2 is 1.81 bits per heavy atom. The van der Waals surface area contributed by atoms with Gasteiger partial charge in [-0.1, -0.05) is 58.4 Å². The summed E-state index contributed by atoms with van der Waals surface area (Å²) >= 11 is 3.52. The number of rotatable bonds is 10. The number of nitrogens with one attached hydrogen (secondary N) is 1. The lowest BCUT2D eigenvalue weighted by molar-refractivity contribution is -0.139. The van der Waals surface area contributed by atoms with Crippen LogP contribution in [0.1, 0.15) is 16.7 Å². The zero-order valence-corrected chi connectivity index (χ0v) is 19.0. The first kappa shape index (κ1) is 23.0. The lowest BCUT2D eigenvalue weighted by Crippen LogP contribution is -2.34. The van der Waals surface area contributed by atoms with Gasteiger partial charge in [-0.2, -0.15) is 0 Å². The molecule has 162 valence electrons. The van der Waals surface area contributed by atoms with E-state index in [0.717, 1.165) is 22.0 Å². The maximum Gasteiger partial charge on any atom is 0.309 e. The minimum absolute atomic E-state index is 0.0364. The van der Waals surface area contributed by atoms with Crippen LogP contribution in [0, 0.1) is 0 Å². The van der Waals surface area contributed by atoms with E-state index in [4.69, 9.17) is 9.47 Å². The fourth-order valence-electron chi connectivity index (χ4n) is 3.22. The van der Waals surface area contributed by atoms with Gasteiger partial charge < -0.3 is 19.9 Å². The van der Waals surface area contributed by atoms with Crippen LogP contribution in [0.2, 0.25) is 0 Å². The SMILES string of the molecule is COC(=O)Cc1cccc(Oc2ccc(Br)cc2CN[C@H](CO)Cc2ccccc2)c1. The molecule has 3 aromatic carbocycles. The predicted octanol–water partition coefficient (Wildman–Crippen LogP) is 4.65. The zero-order chi connectivity index (χ0) is 22.1. The molecule has 2 N–H and O–H groups in total. The summed E-state index contributed by atoms with van der Waals surface area (Å²) in [5.74, 6) is 1.06. The quantitative estimate of drug-likeness (QED) is 0.410. The Kier molecular flexibility index (Phi) is 8.64. The molecule has 0 aliphatic carbocycles. The molecule has 5 nitrogen and oxygen atoms in total. The molecule has 0 spiro atoms. The van der Waals surface area contributed by atoms with Crippen LogP contribution < -0.4 is 10.1 Å². The molecule has 6 heteroatoms. The largest absolute Gasteiger partial charge is 0.469 e. The highest BCUT2D eigenvalue weighted by molar-refractivity contribution is 9.10. The van der Waals surface area contributed by atoms with Crippen LogP contribution in [0.15, 0.2) is 77.3 Å². The molecule has 0 aromatic heterocycles. The highest BCUT2D eigenvalue weighted by Crippen LogP contribution is 2.29. The molecule has 31 heavy (non-hydrogen) atoms. The van der Waals surface area contributed by atoms with E-state index in [1.807, 2.05) is 60.7 Å². The molecule has 0 bridgehead atoms. The van der Waals surface area contributed by atoms with Crippen molar-refractivity contribution < 1.29 is 19.4 Å². The van der Waals surface area contributed by atoms with Gasteiger partial charge in [0.15, 0.2) is 0 Å². The van der Waals surface area contributed by atoms with Crippen LogP contribution in [-0.2, 0) is 28.9 Å². The van der Waals surface area contributed by atoms with Gasteiger partial charge in [-0.25, -0.2) is 0 Å². The number of halogens is 1. The number of methoxy groups -OCH3 is 1. The van der Waals surface area contributed by atoms with Crippen molar-refractivity contribution in [3.63, 3.8) is 0 Å². The first-order chi connectivity index (χ1) is 15.1. The van der Waals surface area contributed by atoms with E-state index in [0.29, 0.717) is 18.0 Å². The number of ether oxygens (including phenoxy) is 2. The van der Waals surface area contributed by atoms with Crippen molar-refractivity contribution in [2.45, 2.75) is 25.4 Å². The minimum atomic E-state index is -0.292. The number of aliphatic hydroxyl groups is 1. The van der Waals surface area contributed by atoms with Crippen molar-refractivity contribution >= 4 is 21.9 Å². The second-order valence-corrected chi connectivity index (χ2v) is 8.12. The van der Waals surface area contributed by atoms with Gasteiger partial charge in [-0.05, 0) is 47.9 Å². The second-order valence-electron chi connectivity index (χ2n) is 7.20. The summed E-state index contributed by atoms with van der Waals surface area (Å²) in [6, 6.07) is 23.2. The van der Waals surface area contributed by atoms with Gasteiger partial charge in [0, 0.05) is 22.6 Å². The van der Waals surface area contributed by atoms with Crippen molar-refractivity contribution in [2.24, 2.45) is 0 Å². The Hall–Kier alpha value is -2.67. The van der Waals surface area contributed by atoms with Gasteiger partial charge in [-0.3, -0.25) is 4.79 Å². The van der Waals surface area contributed by atoms with E-state index >= 15 is 0 Å². The fourth-order valence-corrected chi connectivity index (χ4v) is 3.63. The molecular weight excluding hydrogens is 458 g/mol. The van der Waals surface area contributed by atoms with Crippen molar-refractivity contribution in [2.75, 3.05) is 13.7 Å². The van der Waals surface area contributed by atoms with E-state index < -0.39 is 0 Å². The third-order valence-electron chi connectivity index (χ3n) is 4.85. The van der Waals surface area contributed by atoms with Crippen molar-refractivity contribution in [3.8, 4) is 11.5 Å². The molecule has 0 heterocycles. The Morgan fingerprint density at radius 1 is 1.03 bits per heavy atom. The highest BCUT2D eigenvalue weighted by Gasteiger charge is 2.12. The summed E-state index contributed by atoms with van der Waals surface area (Å²) in [4.78, 5) is 11.6. The first-order valence-electron chi connectivity index (χ1n) is 10.1. The van der Waals surface area contributed by atoms with E-state index in [2.05, 4.69) is 33.4 Å². The number of esters is 1. The van der Waals surface area contributed by atoms with Crippen LogP contribution in [0.4, 0.5) is 0 Å². The molecular formula is C25H26BrNO4. The summed E-state index contributed by atoms with van der Waals surface area (Å²) in [5, 5.41) is 13.2. The fraction of sp³-hybridized carbons (Fsp3) is 0.240. The van der Waals surface area contributed by atoms with Gasteiger partial charge in [0.05, 0.1) is 20.1 Å². The van der Waals surface area contributed by atoms with Crippen LogP contribution in [-0.4, -0.2) is 30.8 Å². The van der Waals surface area contributed by atoms with Gasteiger partial charge >= 0.3 is 5.97 Å². The predicted molar refractivity (Wildman–Crippen MR) is 124 cm³/mol. The first-order valence-corrected chi connectivity index (χ1v) is 10.9. The zero-order valence-electron chi connectivity index (χ0n) is 17.4. The van der Waals surface area contributed by atoms with E-state index in [9.17, 15) is 9.90 Å². The summed E-state index contributed by atoms with van der Waals surface area (Å²) in [6.45, 7) is 0.573. The van der Waals surface area contributed by atoms with Gasteiger partial charge in [0.1, 0.15) is 11.5 Å². The summed E-state index contributed by atoms with van der Waals surface area (Å²) in [5.41, 5.74) is 2.95. The lowest BCUT2D eigenvalue weighted by atomic mass is 10.1. The molecule has 3 rings (SSSR count). The van der Waals surface area contributed by atoms with Gasteiger partial charge in [-0.15, -0.1) is 0 Å². The molecule has 0 saturated heterocycles. The monoisotopic (exact) mass is 483 g/mol. The highest BCUT2D eigenvalue weighted by atomic mass is 79.9. The van der Waals surface area contributed by atoms with E-state index in [1.165, 1.54) is 12.7 Å². The summed E-state index contributed by atoms with van der Waals surface area (Å²) < 4.78 is 11.8. The molecule has 3 aromatic rings. The number of carbonyl (C=O) groups is 1. The third-order valence-corrected chi connectivity index (χ3v) is 5.34. The van der Waals surface area contributed by atoms with Crippen molar-refractivity contribution in [3.05, 3.63) is 94.0 Å². The number of benzene rings is 3. The Labute approximate surface area is 191 Å². The van der Waals surface area contributed by atoms with Crippen LogP contribution >= 0.6 is 15.9 Å². The number of aliphatic hydroxyl groups excluding tert-OH is 1. The van der Waals surface area contributed by atoms with Gasteiger partial charge in [0.2, 0.25) is 0 Å². The van der Waals surface area contributed by atoms with E-state index in [1.54, 1.807) is 0 Å². The summed E-state index contributed by atoms with van der Waals surface area (Å²) in [6.07, 6.45) is 0.928. The van der Waals surface area contributed by atoms with Crippen LogP contribution in [0.3, 0.4) is 0 Å². The lowest BCUT2D eigenvalue weighted by Gasteiger charge is -2.18. The third kappa shape index (κ3) is 7.21. The molecule has 0 radical (unpaired) electrons. The second kappa shape index (κ2) is 11.6. The molecule has 0 saturated carbocycles. The van der Waals surface area contributed by atoms with E-state index in [-0.39, 0.29) is 25.0 Å². The topological polar surface area (TPSA) is 67.8 Å². The van der Waals surface area contributed by atoms with Crippen molar-refractivity contribution in [1.29, 1.82) is 0 Å². The maximum atomic E-state index is 11.6. The smallest absolute Gasteiger partial charge is 0.309 e.